The lowest BCUT2D eigenvalue weighted by Gasteiger charge is -2.13. The number of carbonyl (C=O) groups is 2. The maximum Gasteiger partial charge on any atom is 0.255 e. The van der Waals surface area contributed by atoms with Crippen molar-refractivity contribution in [2.24, 2.45) is 0 Å². The van der Waals surface area contributed by atoms with E-state index in [0.29, 0.717) is 17.8 Å². The van der Waals surface area contributed by atoms with Gasteiger partial charge in [-0.1, -0.05) is 6.92 Å². The number of hydrogen-bond donors (Lipinski definition) is 3. The number of amides is 2. The van der Waals surface area contributed by atoms with Gasteiger partial charge in [0.25, 0.3) is 5.91 Å². The topological polar surface area (TPSA) is 86.9 Å². The van der Waals surface area contributed by atoms with Crippen molar-refractivity contribution in [3.05, 3.63) is 17.5 Å². The highest BCUT2D eigenvalue weighted by Crippen LogP contribution is 2.02. The number of aromatic amines is 1. The molecule has 0 bridgehead atoms. The van der Waals surface area contributed by atoms with Crippen LogP contribution >= 0.6 is 0 Å². The lowest BCUT2D eigenvalue weighted by atomic mass is 10.2. The quantitative estimate of drug-likeness (QED) is 0.692. The third-order valence-corrected chi connectivity index (χ3v) is 2.36. The van der Waals surface area contributed by atoms with Gasteiger partial charge in [0, 0.05) is 12.2 Å². The summed E-state index contributed by atoms with van der Waals surface area (Å²) in [4.78, 5) is 23.3. The second-order valence-corrected chi connectivity index (χ2v) is 3.89. The molecule has 0 saturated carbocycles. The molecule has 0 fully saturated rings. The first-order valence-corrected chi connectivity index (χ1v) is 5.64. The summed E-state index contributed by atoms with van der Waals surface area (Å²) in [5.74, 6) is -0.475. The van der Waals surface area contributed by atoms with Gasteiger partial charge in [-0.3, -0.25) is 14.7 Å². The maximum atomic E-state index is 11.8. The van der Waals surface area contributed by atoms with E-state index in [2.05, 4.69) is 20.8 Å². The molecule has 6 heteroatoms. The average molecular weight is 238 g/mol. The normalized spacial score (nSPS) is 11.9. The van der Waals surface area contributed by atoms with E-state index in [1.807, 2.05) is 6.92 Å². The zero-order chi connectivity index (χ0) is 12.8. The van der Waals surface area contributed by atoms with Gasteiger partial charge in [-0.2, -0.15) is 5.10 Å². The molecule has 17 heavy (non-hydrogen) atoms. The second-order valence-electron chi connectivity index (χ2n) is 3.89. The average Bonchev–Trinajstić information content (AvgIpc) is 2.72. The number of nitrogens with one attached hydrogen (secondary N) is 3. The molecule has 2 amide bonds. The molecule has 1 aromatic rings. The van der Waals surface area contributed by atoms with Gasteiger partial charge >= 0.3 is 0 Å². The Morgan fingerprint density at radius 1 is 1.53 bits per heavy atom. The SMILES string of the molecule is CCCNC(=O)C(C)NC(=O)c1cn[nH]c1C. The Kier molecular flexibility index (Phi) is 4.68. The standard InChI is InChI=1S/C11H18N4O2/c1-4-5-12-10(16)8(3)14-11(17)9-6-13-15-7(9)2/h6,8H,4-5H2,1-3H3,(H,12,16)(H,13,15)(H,14,17). The van der Waals surface area contributed by atoms with E-state index < -0.39 is 6.04 Å². The highest BCUT2D eigenvalue weighted by Gasteiger charge is 2.17. The molecule has 1 rings (SSSR count). The summed E-state index contributed by atoms with van der Waals surface area (Å²) in [6.45, 7) is 5.99. The minimum absolute atomic E-state index is 0.179. The first-order chi connectivity index (χ1) is 8.06. The molecule has 1 heterocycles. The zero-order valence-electron chi connectivity index (χ0n) is 10.3. The Bertz CT molecular complexity index is 400. The van der Waals surface area contributed by atoms with Crippen molar-refractivity contribution in [3.63, 3.8) is 0 Å². The highest BCUT2D eigenvalue weighted by molar-refractivity contribution is 5.97. The van der Waals surface area contributed by atoms with Crippen LogP contribution in [0.4, 0.5) is 0 Å². The predicted molar refractivity (Wildman–Crippen MR) is 63.6 cm³/mol. The number of nitrogens with zero attached hydrogens (tertiary/aromatic N) is 1. The van der Waals surface area contributed by atoms with Gasteiger partial charge in [0.05, 0.1) is 11.8 Å². The van der Waals surface area contributed by atoms with Gasteiger partial charge in [0.15, 0.2) is 0 Å². The smallest absolute Gasteiger partial charge is 0.255 e. The number of rotatable bonds is 5. The molecule has 6 nitrogen and oxygen atoms in total. The minimum atomic E-state index is -0.552. The fourth-order valence-electron chi connectivity index (χ4n) is 1.32. The zero-order valence-corrected chi connectivity index (χ0v) is 10.3. The van der Waals surface area contributed by atoms with Crippen LogP contribution < -0.4 is 10.6 Å². The van der Waals surface area contributed by atoms with E-state index in [9.17, 15) is 9.59 Å². The third-order valence-electron chi connectivity index (χ3n) is 2.36. The van der Waals surface area contributed by atoms with Gasteiger partial charge in [0.1, 0.15) is 6.04 Å². The maximum absolute atomic E-state index is 11.8. The number of aryl methyl sites for hydroxylation is 1. The van der Waals surface area contributed by atoms with E-state index in [1.54, 1.807) is 13.8 Å². The summed E-state index contributed by atoms with van der Waals surface area (Å²) in [7, 11) is 0. The van der Waals surface area contributed by atoms with Crippen molar-refractivity contribution in [1.29, 1.82) is 0 Å². The molecule has 3 N–H and O–H groups in total. The van der Waals surface area contributed by atoms with Crippen LogP contribution in [-0.2, 0) is 4.79 Å². The summed E-state index contributed by atoms with van der Waals surface area (Å²) in [5, 5.41) is 11.8. The number of hydrogen-bond acceptors (Lipinski definition) is 3. The summed E-state index contributed by atoms with van der Waals surface area (Å²) >= 11 is 0. The highest BCUT2D eigenvalue weighted by atomic mass is 16.2. The minimum Gasteiger partial charge on any atom is -0.354 e. The van der Waals surface area contributed by atoms with Crippen LogP contribution in [0.1, 0.15) is 36.3 Å². The molecular formula is C11H18N4O2. The first-order valence-electron chi connectivity index (χ1n) is 5.64. The van der Waals surface area contributed by atoms with Crippen LogP contribution in [-0.4, -0.2) is 34.6 Å². The van der Waals surface area contributed by atoms with Crippen LogP contribution in [0.25, 0.3) is 0 Å². The number of H-pyrrole nitrogens is 1. The summed E-state index contributed by atoms with van der Waals surface area (Å²) < 4.78 is 0. The molecule has 0 spiro atoms. The lowest BCUT2D eigenvalue weighted by molar-refractivity contribution is -0.122. The Labute approximate surface area is 100 Å². The van der Waals surface area contributed by atoms with Crippen molar-refractivity contribution in [3.8, 4) is 0 Å². The van der Waals surface area contributed by atoms with Crippen LogP contribution in [0, 0.1) is 6.92 Å². The molecule has 0 aliphatic heterocycles. The van der Waals surface area contributed by atoms with E-state index in [-0.39, 0.29) is 11.8 Å². The molecule has 0 aliphatic rings. The molecule has 0 aromatic carbocycles. The molecule has 1 unspecified atom stereocenters. The number of carbonyl (C=O) groups excluding carboxylic acids is 2. The predicted octanol–water partition coefficient (Wildman–Crippen LogP) is 0.363. The fourth-order valence-corrected chi connectivity index (χ4v) is 1.32. The molecule has 0 aliphatic carbocycles. The van der Waals surface area contributed by atoms with Crippen LogP contribution in [0.3, 0.4) is 0 Å². The van der Waals surface area contributed by atoms with E-state index in [0.717, 1.165) is 6.42 Å². The summed E-state index contributed by atoms with van der Waals surface area (Å²) in [6.07, 6.45) is 2.31. The Balaban J connectivity index is 2.51. The van der Waals surface area contributed by atoms with Crippen LogP contribution in [0.15, 0.2) is 6.20 Å². The van der Waals surface area contributed by atoms with Crippen molar-refractivity contribution >= 4 is 11.8 Å². The van der Waals surface area contributed by atoms with Gasteiger partial charge in [-0.05, 0) is 20.3 Å². The second kappa shape index (κ2) is 6.03. The van der Waals surface area contributed by atoms with E-state index >= 15 is 0 Å². The molecule has 0 radical (unpaired) electrons. The molecular weight excluding hydrogens is 220 g/mol. The van der Waals surface area contributed by atoms with Crippen molar-refractivity contribution in [2.45, 2.75) is 33.2 Å². The summed E-state index contributed by atoms with van der Waals surface area (Å²) in [6, 6.07) is -0.552. The Hall–Kier alpha value is -1.85. The van der Waals surface area contributed by atoms with Crippen molar-refractivity contribution < 1.29 is 9.59 Å². The first kappa shape index (κ1) is 13.2. The van der Waals surface area contributed by atoms with Crippen LogP contribution in [0.2, 0.25) is 0 Å². The van der Waals surface area contributed by atoms with E-state index in [1.165, 1.54) is 6.20 Å². The number of aromatic nitrogens is 2. The molecule has 1 atom stereocenters. The van der Waals surface area contributed by atoms with Crippen molar-refractivity contribution in [1.82, 2.24) is 20.8 Å². The molecule has 94 valence electrons. The Morgan fingerprint density at radius 2 is 2.24 bits per heavy atom. The molecule has 0 saturated heterocycles. The third kappa shape index (κ3) is 3.58. The van der Waals surface area contributed by atoms with Gasteiger partial charge in [-0.25, -0.2) is 0 Å². The largest absolute Gasteiger partial charge is 0.354 e. The molecule has 1 aromatic heterocycles. The summed E-state index contributed by atoms with van der Waals surface area (Å²) in [5.41, 5.74) is 1.14. The van der Waals surface area contributed by atoms with Gasteiger partial charge in [0.2, 0.25) is 5.91 Å². The Morgan fingerprint density at radius 3 is 2.76 bits per heavy atom. The van der Waals surface area contributed by atoms with Crippen molar-refractivity contribution in [2.75, 3.05) is 6.54 Å². The van der Waals surface area contributed by atoms with E-state index in [4.69, 9.17) is 0 Å². The van der Waals surface area contributed by atoms with Gasteiger partial charge < -0.3 is 10.6 Å². The monoisotopic (exact) mass is 238 g/mol. The van der Waals surface area contributed by atoms with Gasteiger partial charge in [-0.15, -0.1) is 0 Å². The van der Waals surface area contributed by atoms with Crippen LogP contribution in [0.5, 0.6) is 0 Å². The fraction of sp³-hybridized carbons (Fsp3) is 0.545. The lowest BCUT2D eigenvalue weighted by Crippen LogP contribution is -2.45.